The molecule has 27 heavy (non-hydrogen) atoms. The average molecular weight is 386 g/mol. The van der Waals surface area contributed by atoms with E-state index in [1.54, 1.807) is 31.2 Å². The van der Waals surface area contributed by atoms with Gasteiger partial charge >= 0.3 is 0 Å². The molecule has 0 bridgehead atoms. The van der Waals surface area contributed by atoms with Gasteiger partial charge < -0.3 is 15.7 Å². The summed E-state index contributed by atoms with van der Waals surface area (Å²) in [6.07, 6.45) is 2.83. The van der Waals surface area contributed by atoms with Crippen molar-refractivity contribution >= 4 is 34.8 Å². The number of carbonyl (C=O) groups excluding carboxylic acids is 2. The quantitative estimate of drug-likeness (QED) is 0.625. The van der Waals surface area contributed by atoms with E-state index in [0.717, 1.165) is 0 Å². The van der Waals surface area contributed by atoms with E-state index < -0.39 is 11.9 Å². The SMILES string of the molecule is CC(C(=O)Nc1ccc(NC(=O)c2cc(Cl)ccc2O)cc1)n1cncn1. The topological polar surface area (TPSA) is 109 Å². The lowest BCUT2D eigenvalue weighted by atomic mass is 10.2. The molecule has 3 aromatic rings. The number of phenolic OH excluding ortho intramolecular Hbond substituents is 1. The molecule has 1 heterocycles. The zero-order valence-corrected chi connectivity index (χ0v) is 15.0. The summed E-state index contributed by atoms with van der Waals surface area (Å²) >= 11 is 5.85. The highest BCUT2D eigenvalue weighted by atomic mass is 35.5. The third kappa shape index (κ3) is 4.42. The van der Waals surface area contributed by atoms with Crippen molar-refractivity contribution in [1.29, 1.82) is 0 Å². The molecule has 3 N–H and O–H groups in total. The Morgan fingerprint density at radius 3 is 2.41 bits per heavy atom. The second-order valence-corrected chi connectivity index (χ2v) is 6.17. The Morgan fingerprint density at radius 2 is 1.78 bits per heavy atom. The van der Waals surface area contributed by atoms with Crippen LogP contribution in [-0.4, -0.2) is 31.7 Å². The summed E-state index contributed by atoms with van der Waals surface area (Å²) in [5.74, 6) is -0.907. The number of carbonyl (C=O) groups is 2. The first-order valence-corrected chi connectivity index (χ1v) is 8.37. The number of aromatic hydroxyl groups is 1. The second kappa shape index (κ2) is 7.88. The van der Waals surface area contributed by atoms with Crippen molar-refractivity contribution in [3.8, 4) is 5.75 Å². The summed E-state index contributed by atoms with van der Waals surface area (Å²) in [4.78, 5) is 28.3. The van der Waals surface area contributed by atoms with Crippen molar-refractivity contribution in [3.63, 3.8) is 0 Å². The fourth-order valence-electron chi connectivity index (χ4n) is 2.31. The molecule has 0 fully saturated rings. The minimum absolute atomic E-state index is 0.0709. The van der Waals surface area contributed by atoms with E-state index in [-0.39, 0.29) is 17.2 Å². The minimum atomic E-state index is -0.516. The van der Waals surface area contributed by atoms with Crippen LogP contribution in [0, 0.1) is 0 Å². The Balaban J connectivity index is 1.64. The Bertz CT molecular complexity index is 958. The van der Waals surface area contributed by atoms with Gasteiger partial charge in [-0.05, 0) is 49.4 Å². The monoisotopic (exact) mass is 385 g/mol. The van der Waals surface area contributed by atoms with Crippen LogP contribution >= 0.6 is 11.6 Å². The Labute approximate surface area is 159 Å². The van der Waals surface area contributed by atoms with Crippen molar-refractivity contribution in [2.75, 3.05) is 10.6 Å². The summed E-state index contributed by atoms with van der Waals surface area (Å²) in [7, 11) is 0. The van der Waals surface area contributed by atoms with Crippen molar-refractivity contribution in [3.05, 3.63) is 65.7 Å². The van der Waals surface area contributed by atoms with Crippen LogP contribution in [0.1, 0.15) is 23.3 Å². The highest BCUT2D eigenvalue weighted by molar-refractivity contribution is 6.31. The van der Waals surface area contributed by atoms with Crippen LogP contribution < -0.4 is 10.6 Å². The number of benzene rings is 2. The Morgan fingerprint density at radius 1 is 1.11 bits per heavy atom. The number of nitrogens with zero attached hydrogens (tertiary/aromatic N) is 3. The fraction of sp³-hybridized carbons (Fsp3) is 0.111. The lowest BCUT2D eigenvalue weighted by molar-refractivity contribution is -0.119. The first-order chi connectivity index (χ1) is 12.9. The molecule has 2 aromatic carbocycles. The number of nitrogens with one attached hydrogen (secondary N) is 2. The third-order valence-electron chi connectivity index (χ3n) is 3.83. The van der Waals surface area contributed by atoms with Gasteiger partial charge in [-0.3, -0.25) is 9.59 Å². The van der Waals surface area contributed by atoms with Gasteiger partial charge in [0.05, 0.1) is 5.56 Å². The number of halogens is 1. The van der Waals surface area contributed by atoms with E-state index in [2.05, 4.69) is 20.7 Å². The van der Waals surface area contributed by atoms with Crippen LogP contribution in [-0.2, 0) is 4.79 Å². The van der Waals surface area contributed by atoms with E-state index in [4.69, 9.17) is 11.6 Å². The van der Waals surface area contributed by atoms with Crippen molar-refractivity contribution in [2.24, 2.45) is 0 Å². The standard InChI is InChI=1S/C18H16ClN5O3/c1-11(24-10-20-9-21-24)17(26)22-13-3-5-14(6-4-13)23-18(27)15-8-12(19)2-7-16(15)25/h2-11,25H,1H3,(H,22,26)(H,23,27). The van der Waals surface area contributed by atoms with Gasteiger partial charge in [0, 0.05) is 16.4 Å². The Kier molecular flexibility index (Phi) is 5.37. The zero-order chi connectivity index (χ0) is 19.4. The number of hydrogen-bond acceptors (Lipinski definition) is 5. The normalized spacial score (nSPS) is 11.6. The molecule has 1 unspecified atom stereocenters. The molecule has 9 heteroatoms. The van der Waals surface area contributed by atoms with E-state index in [9.17, 15) is 14.7 Å². The van der Waals surface area contributed by atoms with Gasteiger partial charge in [-0.25, -0.2) is 9.67 Å². The van der Waals surface area contributed by atoms with E-state index >= 15 is 0 Å². The van der Waals surface area contributed by atoms with Gasteiger partial charge in [0.2, 0.25) is 5.91 Å². The molecule has 138 valence electrons. The van der Waals surface area contributed by atoms with Crippen LogP contribution in [0.5, 0.6) is 5.75 Å². The lowest BCUT2D eigenvalue weighted by Gasteiger charge is -2.12. The maximum atomic E-state index is 12.3. The van der Waals surface area contributed by atoms with Gasteiger partial charge in [-0.15, -0.1) is 0 Å². The molecule has 1 atom stereocenters. The minimum Gasteiger partial charge on any atom is -0.507 e. The highest BCUT2D eigenvalue weighted by Crippen LogP contribution is 2.23. The number of hydrogen-bond donors (Lipinski definition) is 3. The maximum absolute atomic E-state index is 12.3. The number of rotatable bonds is 5. The molecule has 0 aliphatic rings. The predicted octanol–water partition coefficient (Wildman–Crippen LogP) is 3.09. The van der Waals surface area contributed by atoms with Crippen LogP contribution in [0.15, 0.2) is 55.1 Å². The van der Waals surface area contributed by atoms with Gasteiger partial charge in [0.1, 0.15) is 24.4 Å². The van der Waals surface area contributed by atoms with Crippen molar-refractivity contribution < 1.29 is 14.7 Å². The van der Waals surface area contributed by atoms with Gasteiger partial charge in [0.25, 0.3) is 5.91 Å². The molecular formula is C18H16ClN5O3. The third-order valence-corrected chi connectivity index (χ3v) is 4.06. The van der Waals surface area contributed by atoms with Crippen molar-refractivity contribution in [1.82, 2.24) is 14.8 Å². The summed E-state index contributed by atoms with van der Waals surface area (Å²) in [6.45, 7) is 1.70. The maximum Gasteiger partial charge on any atom is 0.259 e. The van der Waals surface area contributed by atoms with E-state index in [1.165, 1.54) is 35.5 Å². The molecule has 0 radical (unpaired) electrons. The van der Waals surface area contributed by atoms with Crippen LogP contribution in [0.25, 0.3) is 0 Å². The number of anilines is 2. The molecule has 2 amide bonds. The summed E-state index contributed by atoms with van der Waals surface area (Å²) < 4.78 is 1.45. The summed E-state index contributed by atoms with van der Waals surface area (Å²) in [6, 6.07) is 10.3. The largest absolute Gasteiger partial charge is 0.507 e. The Hall–Kier alpha value is -3.39. The molecule has 8 nitrogen and oxygen atoms in total. The molecule has 0 saturated carbocycles. The van der Waals surface area contributed by atoms with E-state index in [0.29, 0.717) is 16.4 Å². The predicted molar refractivity (Wildman–Crippen MR) is 101 cm³/mol. The second-order valence-electron chi connectivity index (χ2n) is 5.73. The summed E-state index contributed by atoms with van der Waals surface area (Å²) in [5, 5.41) is 19.5. The molecule has 0 aliphatic heterocycles. The molecule has 0 spiro atoms. The van der Waals surface area contributed by atoms with Crippen LogP contribution in [0.3, 0.4) is 0 Å². The average Bonchev–Trinajstić information content (AvgIpc) is 3.19. The lowest BCUT2D eigenvalue weighted by Crippen LogP contribution is -2.24. The first kappa shape index (κ1) is 18.4. The van der Waals surface area contributed by atoms with Crippen LogP contribution in [0.2, 0.25) is 5.02 Å². The van der Waals surface area contributed by atoms with Gasteiger partial charge in [0.15, 0.2) is 0 Å². The molecule has 0 aliphatic carbocycles. The van der Waals surface area contributed by atoms with Crippen LogP contribution in [0.4, 0.5) is 11.4 Å². The van der Waals surface area contributed by atoms with Gasteiger partial charge in [-0.1, -0.05) is 11.6 Å². The zero-order valence-electron chi connectivity index (χ0n) is 14.3. The van der Waals surface area contributed by atoms with E-state index in [1.807, 2.05) is 0 Å². The molecule has 0 saturated heterocycles. The fourth-order valence-corrected chi connectivity index (χ4v) is 2.48. The number of phenols is 1. The molecule has 1 aromatic heterocycles. The summed E-state index contributed by atoms with van der Waals surface area (Å²) in [5.41, 5.74) is 1.14. The van der Waals surface area contributed by atoms with Crippen molar-refractivity contribution in [2.45, 2.75) is 13.0 Å². The smallest absolute Gasteiger partial charge is 0.259 e. The first-order valence-electron chi connectivity index (χ1n) is 7.99. The number of aromatic nitrogens is 3. The van der Waals surface area contributed by atoms with Gasteiger partial charge in [-0.2, -0.15) is 5.10 Å². The molecule has 3 rings (SSSR count). The molecular weight excluding hydrogens is 370 g/mol. The number of amides is 2. The highest BCUT2D eigenvalue weighted by Gasteiger charge is 2.16.